The largest absolute Gasteiger partial charge is 0.480 e. The average molecular weight is 260 g/mol. The van der Waals surface area contributed by atoms with Crippen molar-refractivity contribution >= 4 is 16.9 Å². The van der Waals surface area contributed by atoms with Crippen LogP contribution >= 0.6 is 0 Å². The number of aromatic nitrogens is 1. The van der Waals surface area contributed by atoms with E-state index < -0.39 is 5.97 Å². The summed E-state index contributed by atoms with van der Waals surface area (Å²) in [6.07, 6.45) is 0. The summed E-state index contributed by atoms with van der Waals surface area (Å²) in [5.74, 6) is -0.786. The van der Waals surface area contributed by atoms with Gasteiger partial charge in [-0.15, -0.1) is 0 Å². The number of aromatic amines is 1. The van der Waals surface area contributed by atoms with Crippen LogP contribution in [0, 0.1) is 6.92 Å². The minimum absolute atomic E-state index is 0.0661. The summed E-state index contributed by atoms with van der Waals surface area (Å²) >= 11 is 0. The number of aliphatic carboxylic acids is 1. The number of H-pyrrole nitrogens is 1. The molecule has 19 heavy (non-hydrogen) atoms. The Morgan fingerprint density at radius 1 is 1.37 bits per heavy atom. The summed E-state index contributed by atoms with van der Waals surface area (Å²) < 4.78 is 0. The Morgan fingerprint density at radius 2 is 2.05 bits per heavy atom. The lowest BCUT2D eigenvalue weighted by Gasteiger charge is -2.24. The van der Waals surface area contributed by atoms with Crippen LogP contribution in [-0.4, -0.2) is 33.5 Å². The van der Waals surface area contributed by atoms with Crippen LogP contribution in [-0.2, 0) is 11.3 Å². The molecule has 1 heterocycles. The van der Waals surface area contributed by atoms with E-state index in [1.165, 1.54) is 10.9 Å². The van der Waals surface area contributed by atoms with Crippen molar-refractivity contribution in [2.75, 3.05) is 6.54 Å². The van der Waals surface area contributed by atoms with Gasteiger partial charge in [-0.2, -0.15) is 0 Å². The second-order valence-corrected chi connectivity index (χ2v) is 5.17. The van der Waals surface area contributed by atoms with E-state index in [9.17, 15) is 4.79 Å². The van der Waals surface area contributed by atoms with Crippen molar-refractivity contribution in [2.24, 2.45) is 0 Å². The van der Waals surface area contributed by atoms with Gasteiger partial charge in [0, 0.05) is 29.2 Å². The van der Waals surface area contributed by atoms with Crippen LogP contribution in [0.3, 0.4) is 0 Å². The number of carboxylic acid groups (broad SMARTS) is 1. The molecule has 2 N–H and O–H groups in total. The molecule has 102 valence electrons. The highest BCUT2D eigenvalue weighted by Gasteiger charge is 2.17. The lowest BCUT2D eigenvalue weighted by atomic mass is 10.1. The zero-order chi connectivity index (χ0) is 14.0. The standard InChI is InChI=1S/C15H20N2O2/c1-10(2)17(9-15(18)19)8-13-11(3)16-14-7-5-4-6-12(13)14/h4-7,10,16H,8-9H2,1-3H3,(H,18,19). The van der Waals surface area contributed by atoms with Crippen molar-refractivity contribution < 1.29 is 9.90 Å². The lowest BCUT2D eigenvalue weighted by Crippen LogP contribution is -2.35. The van der Waals surface area contributed by atoms with Crippen LogP contribution in [0.15, 0.2) is 24.3 Å². The number of carbonyl (C=O) groups is 1. The predicted octanol–water partition coefficient (Wildman–Crippen LogP) is 2.77. The third-order valence-corrected chi connectivity index (χ3v) is 3.46. The Hall–Kier alpha value is -1.81. The molecular weight excluding hydrogens is 240 g/mol. The van der Waals surface area contributed by atoms with Gasteiger partial charge in [0.2, 0.25) is 0 Å². The zero-order valence-electron chi connectivity index (χ0n) is 11.6. The fourth-order valence-electron chi connectivity index (χ4n) is 2.34. The van der Waals surface area contributed by atoms with Gasteiger partial charge < -0.3 is 10.1 Å². The van der Waals surface area contributed by atoms with Crippen molar-refractivity contribution in [1.29, 1.82) is 0 Å². The van der Waals surface area contributed by atoms with Crippen LogP contribution in [0.25, 0.3) is 10.9 Å². The molecule has 0 aliphatic heterocycles. The molecule has 0 saturated heterocycles. The summed E-state index contributed by atoms with van der Waals surface area (Å²) in [5, 5.41) is 10.2. The molecule has 0 fully saturated rings. The number of benzene rings is 1. The van der Waals surface area contributed by atoms with Crippen LogP contribution in [0.5, 0.6) is 0 Å². The van der Waals surface area contributed by atoms with Crippen LogP contribution in [0.4, 0.5) is 0 Å². The normalized spacial score (nSPS) is 11.6. The van der Waals surface area contributed by atoms with E-state index in [0.717, 1.165) is 11.2 Å². The fraction of sp³-hybridized carbons (Fsp3) is 0.400. The van der Waals surface area contributed by atoms with Crippen LogP contribution < -0.4 is 0 Å². The highest BCUT2D eigenvalue weighted by Crippen LogP contribution is 2.23. The van der Waals surface area contributed by atoms with E-state index in [4.69, 9.17) is 5.11 Å². The van der Waals surface area contributed by atoms with Gasteiger partial charge in [-0.1, -0.05) is 18.2 Å². The predicted molar refractivity (Wildman–Crippen MR) is 76.2 cm³/mol. The highest BCUT2D eigenvalue weighted by molar-refractivity contribution is 5.84. The monoisotopic (exact) mass is 260 g/mol. The summed E-state index contributed by atoms with van der Waals surface area (Å²) in [5.41, 5.74) is 3.40. The number of carboxylic acids is 1. The first-order chi connectivity index (χ1) is 8.99. The smallest absolute Gasteiger partial charge is 0.317 e. The molecular formula is C15H20N2O2. The molecule has 1 aromatic carbocycles. The van der Waals surface area contributed by atoms with E-state index in [2.05, 4.69) is 11.1 Å². The first-order valence-electron chi connectivity index (χ1n) is 6.51. The molecule has 2 rings (SSSR count). The van der Waals surface area contributed by atoms with Gasteiger partial charge >= 0.3 is 5.97 Å². The van der Waals surface area contributed by atoms with Crippen molar-refractivity contribution in [3.8, 4) is 0 Å². The number of rotatable bonds is 5. The second-order valence-electron chi connectivity index (χ2n) is 5.17. The van der Waals surface area contributed by atoms with Gasteiger partial charge in [-0.05, 0) is 32.4 Å². The minimum Gasteiger partial charge on any atom is -0.480 e. The Labute approximate surface area is 113 Å². The Morgan fingerprint density at radius 3 is 2.68 bits per heavy atom. The van der Waals surface area contributed by atoms with E-state index in [1.807, 2.05) is 43.9 Å². The topological polar surface area (TPSA) is 56.3 Å². The van der Waals surface area contributed by atoms with E-state index in [0.29, 0.717) is 6.54 Å². The summed E-state index contributed by atoms with van der Waals surface area (Å²) in [6, 6.07) is 8.33. The quantitative estimate of drug-likeness (QED) is 0.869. The third-order valence-electron chi connectivity index (χ3n) is 3.46. The number of fused-ring (bicyclic) bond motifs is 1. The molecule has 0 radical (unpaired) electrons. The summed E-state index contributed by atoms with van der Waals surface area (Å²) in [7, 11) is 0. The molecule has 0 aliphatic rings. The maximum Gasteiger partial charge on any atom is 0.317 e. The maximum absolute atomic E-state index is 10.9. The molecule has 2 aromatic rings. The molecule has 0 aliphatic carbocycles. The maximum atomic E-state index is 10.9. The average Bonchev–Trinajstić information content (AvgIpc) is 2.64. The highest BCUT2D eigenvalue weighted by atomic mass is 16.4. The number of para-hydroxylation sites is 1. The number of aryl methyl sites for hydroxylation is 1. The van der Waals surface area contributed by atoms with Crippen molar-refractivity contribution in [3.05, 3.63) is 35.5 Å². The molecule has 4 nitrogen and oxygen atoms in total. The fourth-order valence-corrected chi connectivity index (χ4v) is 2.34. The molecule has 4 heteroatoms. The van der Waals surface area contributed by atoms with Gasteiger partial charge in [-0.25, -0.2) is 0 Å². The molecule has 0 atom stereocenters. The Kier molecular flexibility index (Phi) is 3.90. The number of hydrogen-bond acceptors (Lipinski definition) is 2. The molecule has 0 spiro atoms. The number of nitrogens with zero attached hydrogens (tertiary/aromatic N) is 1. The van der Waals surface area contributed by atoms with Gasteiger partial charge in [0.05, 0.1) is 6.54 Å². The first-order valence-corrected chi connectivity index (χ1v) is 6.51. The van der Waals surface area contributed by atoms with Crippen LogP contribution in [0.1, 0.15) is 25.1 Å². The van der Waals surface area contributed by atoms with Gasteiger partial charge in [0.1, 0.15) is 0 Å². The lowest BCUT2D eigenvalue weighted by molar-refractivity contribution is -0.138. The van der Waals surface area contributed by atoms with Gasteiger partial charge in [0.15, 0.2) is 0 Å². The minimum atomic E-state index is -0.786. The van der Waals surface area contributed by atoms with Crippen molar-refractivity contribution in [1.82, 2.24) is 9.88 Å². The number of nitrogens with one attached hydrogen (secondary N) is 1. The van der Waals surface area contributed by atoms with Crippen LogP contribution in [0.2, 0.25) is 0 Å². The molecule has 0 amide bonds. The van der Waals surface area contributed by atoms with Gasteiger partial charge in [0.25, 0.3) is 0 Å². The third kappa shape index (κ3) is 2.96. The molecule has 0 unspecified atom stereocenters. The zero-order valence-corrected chi connectivity index (χ0v) is 11.6. The van der Waals surface area contributed by atoms with Gasteiger partial charge in [-0.3, -0.25) is 9.69 Å². The SMILES string of the molecule is Cc1[nH]c2ccccc2c1CN(CC(=O)O)C(C)C. The van der Waals surface area contributed by atoms with E-state index >= 15 is 0 Å². The van der Waals surface area contributed by atoms with E-state index in [-0.39, 0.29) is 12.6 Å². The van der Waals surface area contributed by atoms with Crippen molar-refractivity contribution in [2.45, 2.75) is 33.4 Å². The molecule has 0 saturated carbocycles. The summed E-state index contributed by atoms with van der Waals surface area (Å²) in [4.78, 5) is 16.3. The van der Waals surface area contributed by atoms with E-state index in [1.54, 1.807) is 0 Å². The first kappa shape index (κ1) is 13.6. The number of hydrogen-bond donors (Lipinski definition) is 2. The van der Waals surface area contributed by atoms with Crippen molar-refractivity contribution in [3.63, 3.8) is 0 Å². The molecule has 1 aromatic heterocycles. The summed E-state index contributed by atoms with van der Waals surface area (Å²) in [6.45, 7) is 6.80. The second kappa shape index (κ2) is 5.45. The molecule has 0 bridgehead atoms. The Bertz CT molecular complexity index is 587. The Balaban J connectivity index is 2.33.